The van der Waals surface area contributed by atoms with Gasteiger partial charge >= 0.3 is 0 Å². The zero-order chi connectivity index (χ0) is 14.0. The maximum Gasteiger partial charge on any atom is 0.259 e. The van der Waals surface area contributed by atoms with Gasteiger partial charge in [0.15, 0.2) is 11.6 Å². The number of aryl methyl sites for hydroxylation is 1. The Morgan fingerprint density at radius 2 is 1.68 bits per heavy atom. The summed E-state index contributed by atoms with van der Waals surface area (Å²) >= 11 is 0. The predicted molar refractivity (Wildman–Crippen MR) is 67.2 cm³/mol. The van der Waals surface area contributed by atoms with Gasteiger partial charge in [0.2, 0.25) is 0 Å². The van der Waals surface area contributed by atoms with Crippen molar-refractivity contribution in [2.24, 2.45) is 0 Å². The van der Waals surface area contributed by atoms with Crippen LogP contribution in [0.3, 0.4) is 0 Å². The number of carbonyl (C=O) groups is 1. The van der Waals surface area contributed by atoms with Crippen molar-refractivity contribution in [3.63, 3.8) is 0 Å². The molecule has 0 aliphatic rings. The molecule has 2 aromatic carbocycles. The third-order valence-electron chi connectivity index (χ3n) is 2.59. The average molecular weight is 263 g/mol. The molecule has 98 valence electrons. The lowest BCUT2D eigenvalue weighted by Crippen LogP contribution is -2.12. The summed E-state index contributed by atoms with van der Waals surface area (Å²) in [6, 6.07) is 8.16. The number of halogens is 2. The molecular weight excluding hydrogens is 252 g/mol. The van der Waals surface area contributed by atoms with E-state index in [1.54, 1.807) is 24.3 Å². The number of phenols is 1. The molecule has 0 aliphatic carbocycles. The molecule has 0 atom stereocenters. The normalized spacial score (nSPS) is 10.3. The number of benzene rings is 2. The highest BCUT2D eigenvalue weighted by atomic mass is 19.2. The number of anilines is 1. The molecule has 2 N–H and O–H groups in total. The largest absolute Gasteiger partial charge is 0.507 e. The van der Waals surface area contributed by atoms with Crippen molar-refractivity contribution in [1.29, 1.82) is 0 Å². The maximum absolute atomic E-state index is 13.0. The SMILES string of the molecule is Cc1ccc(NC(=O)c2cc(F)c(F)cc2O)cc1. The zero-order valence-electron chi connectivity index (χ0n) is 10.1. The van der Waals surface area contributed by atoms with E-state index in [9.17, 15) is 18.7 Å². The number of phenolic OH excluding ortho intramolecular Hbond substituents is 1. The third-order valence-corrected chi connectivity index (χ3v) is 2.59. The van der Waals surface area contributed by atoms with E-state index in [2.05, 4.69) is 5.32 Å². The van der Waals surface area contributed by atoms with Crippen LogP contribution in [0.1, 0.15) is 15.9 Å². The van der Waals surface area contributed by atoms with Crippen LogP contribution >= 0.6 is 0 Å². The van der Waals surface area contributed by atoms with Crippen molar-refractivity contribution in [2.45, 2.75) is 6.92 Å². The molecule has 2 aromatic rings. The van der Waals surface area contributed by atoms with E-state index in [4.69, 9.17) is 0 Å². The summed E-state index contributed by atoms with van der Waals surface area (Å²) < 4.78 is 25.9. The van der Waals surface area contributed by atoms with Gasteiger partial charge in [-0.3, -0.25) is 4.79 Å². The van der Waals surface area contributed by atoms with Gasteiger partial charge in [-0.1, -0.05) is 17.7 Å². The number of carbonyl (C=O) groups excluding carboxylic acids is 1. The van der Waals surface area contributed by atoms with Gasteiger partial charge in [-0.25, -0.2) is 8.78 Å². The highest BCUT2D eigenvalue weighted by molar-refractivity contribution is 6.06. The Morgan fingerprint density at radius 3 is 2.32 bits per heavy atom. The minimum absolute atomic E-state index is 0.320. The van der Waals surface area contributed by atoms with Crippen molar-refractivity contribution in [3.05, 3.63) is 59.2 Å². The smallest absolute Gasteiger partial charge is 0.259 e. The van der Waals surface area contributed by atoms with Crippen molar-refractivity contribution in [3.8, 4) is 5.75 Å². The van der Waals surface area contributed by atoms with Crippen LogP contribution in [0.4, 0.5) is 14.5 Å². The second kappa shape index (κ2) is 5.06. The molecule has 0 radical (unpaired) electrons. The summed E-state index contributed by atoms with van der Waals surface area (Å²) in [4.78, 5) is 11.8. The summed E-state index contributed by atoms with van der Waals surface area (Å²) in [5, 5.41) is 11.9. The molecule has 0 bridgehead atoms. The number of hydrogen-bond donors (Lipinski definition) is 2. The molecule has 0 spiro atoms. The molecule has 1 amide bonds. The molecule has 3 nitrogen and oxygen atoms in total. The number of hydrogen-bond acceptors (Lipinski definition) is 2. The van der Waals surface area contributed by atoms with Gasteiger partial charge in [0.1, 0.15) is 5.75 Å². The summed E-state index contributed by atoms with van der Waals surface area (Å²) in [7, 11) is 0. The highest BCUT2D eigenvalue weighted by Crippen LogP contribution is 2.22. The first-order chi connectivity index (χ1) is 8.97. The van der Waals surface area contributed by atoms with E-state index in [-0.39, 0.29) is 5.56 Å². The van der Waals surface area contributed by atoms with E-state index < -0.39 is 23.3 Å². The fourth-order valence-corrected chi connectivity index (χ4v) is 1.55. The van der Waals surface area contributed by atoms with Gasteiger partial charge in [0.25, 0.3) is 5.91 Å². The van der Waals surface area contributed by atoms with Crippen LogP contribution < -0.4 is 5.32 Å². The zero-order valence-corrected chi connectivity index (χ0v) is 10.1. The first-order valence-corrected chi connectivity index (χ1v) is 5.53. The molecule has 5 heteroatoms. The predicted octanol–water partition coefficient (Wildman–Crippen LogP) is 3.23. The van der Waals surface area contributed by atoms with Crippen molar-refractivity contribution in [1.82, 2.24) is 0 Å². The molecule has 19 heavy (non-hydrogen) atoms. The molecular formula is C14H11F2NO2. The van der Waals surface area contributed by atoms with Gasteiger partial charge in [-0.05, 0) is 25.1 Å². The maximum atomic E-state index is 13.0. The Kier molecular flexibility index (Phi) is 3.46. The van der Waals surface area contributed by atoms with E-state index in [1.807, 2.05) is 6.92 Å². The van der Waals surface area contributed by atoms with E-state index in [1.165, 1.54) is 0 Å². The average Bonchev–Trinajstić information content (AvgIpc) is 2.36. The first-order valence-electron chi connectivity index (χ1n) is 5.53. The molecule has 0 aromatic heterocycles. The molecule has 0 fully saturated rings. The van der Waals surface area contributed by atoms with Gasteiger partial charge in [0, 0.05) is 11.8 Å². The van der Waals surface area contributed by atoms with Crippen LogP contribution in [-0.4, -0.2) is 11.0 Å². The quantitative estimate of drug-likeness (QED) is 0.873. The third kappa shape index (κ3) is 2.88. The van der Waals surface area contributed by atoms with Gasteiger partial charge in [0.05, 0.1) is 5.56 Å². The Hall–Kier alpha value is -2.43. The van der Waals surface area contributed by atoms with Crippen LogP contribution in [0.5, 0.6) is 5.75 Å². The van der Waals surface area contributed by atoms with E-state index in [0.717, 1.165) is 5.56 Å². The van der Waals surface area contributed by atoms with Crippen LogP contribution in [0, 0.1) is 18.6 Å². The molecule has 2 rings (SSSR count). The lowest BCUT2D eigenvalue weighted by atomic mass is 10.1. The Balaban J connectivity index is 2.25. The number of aromatic hydroxyl groups is 1. The van der Waals surface area contributed by atoms with Crippen LogP contribution in [0.2, 0.25) is 0 Å². The van der Waals surface area contributed by atoms with Crippen LogP contribution in [0.25, 0.3) is 0 Å². The first kappa shape index (κ1) is 13.0. The topological polar surface area (TPSA) is 49.3 Å². The van der Waals surface area contributed by atoms with Crippen molar-refractivity contribution < 1.29 is 18.7 Å². The fourth-order valence-electron chi connectivity index (χ4n) is 1.55. The Morgan fingerprint density at radius 1 is 1.11 bits per heavy atom. The van der Waals surface area contributed by atoms with E-state index in [0.29, 0.717) is 17.8 Å². The number of rotatable bonds is 2. The second-order valence-electron chi connectivity index (χ2n) is 4.10. The molecule has 0 saturated heterocycles. The van der Waals surface area contributed by atoms with Gasteiger partial charge in [-0.15, -0.1) is 0 Å². The lowest BCUT2D eigenvalue weighted by molar-refractivity contribution is 0.102. The van der Waals surface area contributed by atoms with Gasteiger partial charge < -0.3 is 10.4 Å². The van der Waals surface area contributed by atoms with Crippen molar-refractivity contribution >= 4 is 11.6 Å². The molecule has 0 saturated carbocycles. The van der Waals surface area contributed by atoms with E-state index >= 15 is 0 Å². The molecule has 0 unspecified atom stereocenters. The Labute approximate surface area is 108 Å². The summed E-state index contributed by atoms with van der Waals surface area (Å²) in [6.45, 7) is 1.90. The standard InChI is InChI=1S/C14H11F2NO2/c1-8-2-4-9(5-3-8)17-14(19)10-6-11(15)12(16)7-13(10)18/h2-7,18H,1H3,(H,17,19). The monoisotopic (exact) mass is 263 g/mol. The minimum atomic E-state index is -1.20. The molecule has 0 aliphatic heterocycles. The Bertz CT molecular complexity index is 624. The van der Waals surface area contributed by atoms with Gasteiger partial charge in [-0.2, -0.15) is 0 Å². The summed E-state index contributed by atoms with van der Waals surface area (Å²) in [6.07, 6.45) is 0. The van der Waals surface area contributed by atoms with Crippen LogP contribution in [-0.2, 0) is 0 Å². The van der Waals surface area contributed by atoms with Crippen molar-refractivity contribution in [2.75, 3.05) is 5.32 Å². The number of nitrogens with one attached hydrogen (secondary N) is 1. The summed E-state index contributed by atoms with van der Waals surface area (Å²) in [5.41, 5.74) is 1.20. The summed E-state index contributed by atoms with van der Waals surface area (Å²) in [5.74, 6) is -3.71. The van der Waals surface area contributed by atoms with Crippen LogP contribution in [0.15, 0.2) is 36.4 Å². The highest BCUT2D eigenvalue weighted by Gasteiger charge is 2.15. The lowest BCUT2D eigenvalue weighted by Gasteiger charge is -2.07. The fraction of sp³-hybridized carbons (Fsp3) is 0.0714. The number of amides is 1. The second-order valence-corrected chi connectivity index (χ2v) is 4.10. The minimum Gasteiger partial charge on any atom is -0.507 e. The molecule has 0 heterocycles.